The van der Waals surface area contributed by atoms with Crippen molar-refractivity contribution in [3.63, 3.8) is 0 Å². The number of nitrogens with zero attached hydrogens (tertiary/aromatic N) is 1. The first-order valence-corrected chi connectivity index (χ1v) is 13.1. The zero-order chi connectivity index (χ0) is 22.5. The van der Waals surface area contributed by atoms with Gasteiger partial charge in [0.25, 0.3) is 0 Å². The van der Waals surface area contributed by atoms with Gasteiger partial charge in [0.15, 0.2) is 0 Å². The number of thioether (sulfide) groups is 1. The SMILES string of the molecule is Cc1ccc(N([C@@H](C)C(=O)NCCSCc2ccc(Cl)cc2Cl)S(C)(=O)=O)cc1C. The molecule has 0 bridgehead atoms. The van der Waals surface area contributed by atoms with Crippen LogP contribution in [0.2, 0.25) is 10.0 Å². The van der Waals surface area contributed by atoms with E-state index in [1.807, 2.05) is 26.0 Å². The fraction of sp³-hybridized carbons (Fsp3) is 0.381. The van der Waals surface area contributed by atoms with E-state index in [1.165, 1.54) is 0 Å². The zero-order valence-electron chi connectivity index (χ0n) is 17.4. The molecule has 1 N–H and O–H groups in total. The number of carbonyl (C=O) groups is 1. The lowest BCUT2D eigenvalue weighted by atomic mass is 10.1. The monoisotopic (exact) mass is 488 g/mol. The number of anilines is 1. The van der Waals surface area contributed by atoms with Crippen molar-refractivity contribution in [2.45, 2.75) is 32.6 Å². The van der Waals surface area contributed by atoms with E-state index < -0.39 is 16.1 Å². The largest absolute Gasteiger partial charge is 0.353 e. The van der Waals surface area contributed by atoms with Crippen LogP contribution in [-0.4, -0.2) is 38.9 Å². The number of aryl methyl sites for hydroxylation is 2. The van der Waals surface area contributed by atoms with E-state index in [2.05, 4.69) is 5.32 Å². The molecule has 9 heteroatoms. The molecule has 0 aliphatic carbocycles. The van der Waals surface area contributed by atoms with Crippen LogP contribution in [-0.2, 0) is 20.6 Å². The van der Waals surface area contributed by atoms with E-state index in [1.54, 1.807) is 43.0 Å². The molecule has 2 aromatic carbocycles. The number of halogens is 2. The lowest BCUT2D eigenvalue weighted by Crippen LogP contribution is -2.48. The summed E-state index contributed by atoms with van der Waals surface area (Å²) in [5.74, 6) is 1.02. The second kappa shape index (κ2) is 10.8. The number of carbonyl (C=O) groups excluding carboxylic acids is 1. The van der Waals surface area contributed by atoms with Gasteiger partial charge in [0, 0.05) is 28.1 Å². The van der Waals surface area contributed by atoms with Crippen LogP contribution in [0.4, 0.5) is 5.69 Å². The lowest BCUT2D eigenvalue weighted by Gasteiger charge is -2.28. The van der Waals surface area contributed by atoms with Crippen molar-refractivity contribution in [1.82, 2.24) is 5.32 Å². The maximum atomic E-state index is 12.6. The zero-order valence-corrected chi connectivity index (χ0v) is 20.6. The van der Waals surface area contributed by atoms with Gasteiger partial charge in [-0.2, -0.15) is 11.8 Å². The number of rotatable bonds is 9. The quantitative estimate of drug-likeness (QED) is 0.514. The molecule has 0 aliphatic heterocycles. The number of benzene rings is 2. The van der Waals surface area contributed by atoms with Crippen molar-refractivity contribution < 1.29 is 13.2 Å². The predicted molar refractivity (Wildman–Crippen MR) is 128 cm³/mol. The molecule has 0 aromatic heterocycles. The van der Waals surface area contributed by atoms with Gasteiger partial charge in [-0.15, -0.1) is 0 Å². The van der Waals surface area contributed by atoms with E-state index in [0.29, 0.717) is 33.8 Å². The van der Waals surface area contributed by atoms with Crippen LogP contribution in [0.25, 0.3) is 0 Å². The summed E-state index contributed by atoms with van der Waals surface area (Å²) in [6.07, 6.45) is 1.11. The Labute approximate surface area is 193 Å². The van der Waals surface area contributed by atoms with Gasteiger partial charge in [-0.05, 0) is 61.7 Å². The van der Waals surface area contributed by atoms with E-state index in [4.69, 9.17) is 23.2 Å². The molecule has 0 spiro atoms. The Hall–Kier alpha value is -1.41. The molecule has 0 saturated heterocycles. The van der Waals surface area contributed by atoms with Gasteiger partial charge in [-0.1, -0.05) is 35.3 Å². The molecule has 0 heterocycles. The normalized spacial score (nSPS) is 12.5. The molecule has 5 nitrogen and oxygen atoms in total. The highest BCUT2D eigenvalue weighted by Crippen LogP contribution is 2.25. The molecule has 30 heavy (non-hydrogen) atoms. The third-order valence-electron chi connectivity index (χ3n) is 4.65. The van der Waals surface area contributed by atoms with Crippen molar-refractivity contribution in [3.05, 3.63) is 63.1 Å². The smallest absolute Gasteiger partial charge is 0.243 e. The molecule has 1 atom stereocenters. The van der Waals surface area contributed by atoms with Crippen LogP contribution in [0.5, 0.6) is 0 Å². The summed E-state index contributed by atoms with van der Waals surface area (Å²) < 4.78 is 25.9. The van der Waals surface area contributed by atoms with Gasteiger partial charge >= 0.3 is 0 Å². The number of hydrogen-bond acceptors (Lipinski definition) is 4. The van der Waals surface area contributed by atoms with E-state index in [0.717, 1.165) is 27.3 Å². The van der Waals surface area contributed by atoms with Crippen molar-refractivity contribution in [2.75, 3.05) is 22.9 Å². The van der Waals surface area contributed by atoms with E-state index in [9.17, 15) is 13.2 Å². The molecule has 0 radical (unpaired) electrons. The van der Waals surface area contributed by atoms with Crippen LogP contribution in [0, 0.1) is 13.8 Å². The van der Waals surface area contributed by atoms with Crippen molar-refractivity contribution >= 4 is 56.6 Å². The average Bonchev–Trinajstić information content (AvgIpc) is 2.64. The number of amides is 1. The molecule has 164 valence electrons. The molecule has 0 unspecified atom stereocenters. The van der Waals surface area contributed by atoms with Crippen molar-refractivity contribution in [1.29, 1.82) is 0 Å². The van der Waals surface area contributed by atoms with Gasteiger partial charge in [0.1, 0.15) is 6.04 Å². The third-order valence-corrected chi connectivity index (χ3v) is 7.49. The lowest BCUT2D eigenvalue weighted by molar-refractivity contribution is -0.121. The van der Waals surface area contributed by atoms with Crippen LogP contribution >= 0.6 is 35.0 Å². The van der Waals surface area contributed by atoms with Crippen LogP contribution in [0.15, 0.2) is 36.4 Å². The Kier molecular flexibility index (Phi) is 8.91. The molecule has 1 amide bonds. The Bertz CT molecular complexity index is 1010. The average molecular weight is 489 g/mol. The fourth-order valence-electron chi connectivity index (χ4n) is 2.89. The summed E-state index contributed by atoms with van der Waals surface area (Å²) in [4.78, 5) is 12.6. The summed E-state index contributed by atoms with van der Waals surface area (Å²) in [6, 6.07) is 9.87. The summed E-state index contributed by atoms with van der Waals surface area (Å²) >= 11 is 13.7. The second-order valence-corrected chi connectivity index (χ2v) is 10.9. The van der Waals surface area contributed by atoms with Crippen LogP contribution in [0.3, 0.4) is 0 Å². The van der Waals surface area contributed by atoms with Crippen LogP contribution in [0.1, 0.15) is 23.6 Å². The molecule has 0 saturated carbocycles. The predicted octanol–water partition coefficient (Wildman–Crippen LogP) is 4.81. The summed E-state index contributed by atoms with van der Waals surface area (Å²) in [5.41, 5.74) is 3.48. The topological polar surface area (TPSA) is 66.5 Å². The molecule has 2 aromatic rings. The van der Waals surface area contributed by atoms with Gasteiger partial charge in [0.05, 0.1) is 11.9 Å². The highest BCUT2D eigenvalue weighted by Gasteiger charge is 2.29. The van der Waals surface area contributed by atoms with E-state index in [-0.39, 0.29) is 5.91 Å². The van der Waals surface area contributed by atoms with E-state index >= 15 is 0 Å². The molecular formula is C21H26Cl2N2O3S2. The Morgan fingerprint density at radius 2 is 1.83 bits per heavy atom. The first-order chi connectivity index (χ1) is 14.0. The number of sulfonamides is 1. The minimum atomic E-state index is -3.63. The molecular weight excluding hydrogens is 463 g/mol. The standard InChI is InChI=1S/C21H26Cl2N2O3S2/c1-14-5-8-19(11-15(14)2)25(30(4,27)28)16(3)21(26)24-9-10-29-13-17-6-7-18(22)12-20(17)23/h5-8,11-12,16H,9-10,13H2,1-4H3,(H,24,26)/t16-/m0/s1. The fourth-order valence-corrected chi connectivity index (χ4v) is 5.47. The highest BCUT2D eigenvalue weighted by atomic mass is 35.5. The molecule has 2 rings (SSSR count). The van der Waals surface area contributed by atoms with Gasteiger partial charge in [-0.25, -0.2) is 8.42 Å². The number of hydrogen-bond donors (Lipinski definition) is 1. The third kappa shape index (κ3) is 6.80. The maximum absolute atomic E-state index is 12.6. The highest BCUT2D eigenvalue weighted by molar-refractivity contribution is 7.98. The van der Waals surface area contributed by atoms with Crippen molar-refractivity contribution in [3.8, 4) is 0 Å². The molecule has 0 fully saturated rings. The minimum Gasteiger partial charge on any atom is -0.353 e. The van der Waals surface area contributed by atoms with Gasteiger partial charge in [-0.3, -0.25) is 9.10 Å². The summed E-state index contributed by atoms with van der Waals surface area (Å²) in [7, 11) is -3.63. The summed E-state index contributed by atoms with van der Waals surface area (Å²) in [6.45, 7) is 5.87. The molecule has 0 aliphatic rings. The minimum absolute atomic E-state index is 0.344. The maximum Gasteiger partial charge on any atom is 0.243 e. The number of nitrogens with one attached hydrogen (secondary N) is 1. The first kappa shape index (κ1) is 24.9. The first-order valence-electron chi connectivity index (χ1n) is 9.36. The van der Waals surface area contributed by atoms with Gasteiger partial charge < -0.3 is 5.32 Å². The van der Waals surface area contributed by atoms with Gasteiger partial charge in [0.2, 0.25) is 15.9 Å². The Balaban J connectivity index is 1.94. The Morgan fingerprint density at radius 1 is 1.13 bits per heavy atom. The second-order valence-electron chi connectivity index (χ2n) is 7.08. The van der Waals surface area contributed by atoms with Crippen LogP contribution < -0.4 is 9.62 Å². The summed E-state index contributed by atoms with van der Waals surface area (Å²) in [5, 5.41) is 4.03. The Morgan fingerprint density at radius 3 is 2.43 bits per heavy atom. The van der Waals surface area contributed by atoms with Crippen molar-refractivity contribution in [2.24, 2.45) is 0 Å².